The van der Waals surface area contributed by atoms with E-state index in [-0.39, 0.29) is 0 Å². The number of nitrogens with zero attached hydrogens (tertiary/aromatic N) is 1. The van der Waals surface area contributed by atoms with Crippen LogP contribution in [-0.4, -0.2) is 16.8 Å². The van der Waals surface area contributed by atoms with Gasteiger partial charge in [-0.25, -0.2) is 4.98 Å². The van der Waals surface area contributed by atoms with Crippen molar-refractivity contribution in [3.8, 4) is 10.6 Å². The maximum Gasteiger partial charge on any atom is 0.123 e. The summed E-state index contributed by atoms with van der Waals surface area (Å²) >= 11 is 3.63. The van der Waals surface area contributed by atoms with Crippen LogP contribution in [0.2, 0.25) is 0 Å². The second-order valence-electron chi connectivity index (χ2n) is 4.83. The number of aromatic nitrogens is 1. The van der Waals surface area contributed by atoms with Gasteiger partial charge in [0.1, 0.15) is 5.01 Å². The third-order valence-electron chi connectivity index (χ3n) is 2.82. The molecule has 0 amide bonds. The third-order valence-corrected chi connectivity index (χ3v) is 4.78. The van der Waals surface area contributed by atoms with E-state index in [2.05, 4.69) is 43.5 Å². The molecular formula is C15H20N2S2. The summed E-state index contributed by atoms with van der Waals surface area (Å²) in [5.74, 6) is 2.09. The number of rotatable bonds is 6. The summed E-state index contributed by atoms with van der Waals surface area (Å²) in [7, 11) is 0. The third kappa shape index (κ3) is 4.64. The molecule has 0 aliphatic heterocycles. The molecule has 1 unspecified atom stereocenters. The van der Waals surface area contributed by atoms with E-state index >= 15 is 0 Å². The molecule has 1 aromatic heterocycles. The Morgan fingerprint density at radius 1 is 1.32 bits per heavy atom. The molecule has 0 saturated heterocycles. The van der Waals surface area contributed by atoms with Gasteiger partial charge >= 0.3 is 0 Å². The van der Waals surface area contributed by atoms with Crippen LogP contribution in [0.25, 0.3) is 10.6 Å². The minimum Gasteiger partial charge on any atom is -0.328 e. The van der Waals surface area contributed by atoms with Crippen molar-refractivity contribution in [2.45, 2.75) is 32.1 Å². The number of nitrogens with two attached hydrogens (primary N) is 1. The van der Waals surface area contributed by atoms with Crippen molar-refractivity contribution in [2.75, 3.05) is 5.75 Å². The summed E-state index contributed by atoms with van der Waals surface area (Å²) in [6.45, 7) is 4.16. The van der Waals surface area contributed by atoms with Gasteiger partial charge in [-0.3, -0.25) is 0 Å². The molecular weight excluding hydrogens is 272 g/mol. The maximum absolute atomic E-state index is 5.74. The molecule has 0 aliphatic rings. The predicted octanol–water partition coefficient (Wildman–Crippen LogP) is 4.09. The van der Waals surface area contributed by atoms with Gasteiger partial charge in [-0.15, -0.1) is 11.3 Å². The summed E-state index contributed by atoms with van der Waals surface area (Å²) in [5.41, 5.74) is 9.41. The molecule has 0 saturated carbocycles. The Labute approximate surface area is 123 Å². The standard InChI is InChI=1S/C15H20N2S2/c1-11-3-5-13(6-4-11)15-17-14(10-19-15)9-18-8-7-12(2)16/h3-6,10,12H,7-9,16H2,1-2H3. The first-order valence-corrected chi connectivity index (χ1v) is 8.53. The van der Waals surface area contributed by atoms with Crippen LogP contribution in [0.4, 0.5) is 0 Å². The van der Waals surface area contributed by atoms with Gasteiger partial charge in [0.15, 0.2) is 0 Å². The molecule has 0 radical (unpaired) electrons. The maximum atomic E-state index is 5.74. The lowest BCUT2D eigenvalue weighted by Crippen LogP contribution is -2.15. The first kappa shape index (κ1) is 14.6. The second kappa shape index (κ2) is 7.08. The SMILES string of the molecule is Cc1ccc(-c2nc(CSCCC(C)N)cs2)cc1. The highest BCUT2D eigenvalue weighted by atomic mass is 32.2. The number of aryl methyl sites for hydroxylation is 1. The highest BCUT2D eigenvalue weighted by Crippen LogP contribution is 2.25. The second-order valence-corrected chi connectivity index (χ2v) is 6.79. The smallest absolute Gasteiger partial charge is 0.123 e. The zero-order chi connectivity index (χ0) is 13.7. The van der Waals surface area contributed by atoms with E-state index in [1.807, 2.05) is 11.8 Å². The van der Waals surface area contributed by atoms with Crippen molar-refractivity contribution >= 4 is 23.1 Å². The molecule has 1 aromatic carbocycles. The summed E-state index contributed by atoms with van der Waals surface area (Å²) in [6.07, 6.45) is 1.07. The summed E-state index contributed by atoms with van der Waals surface area (Å²) < 4.78 is 0. The fraction of sp³-hybridized carbons (Fsp3) is 0.400. The van der Waals surface area contributed by atoms with Crippen LogP contribution < -0.4 is 5.73 Å². The molecule has 1 heterocycles. The first-order chi connectivity index (χ1) is 9.15. The van der Waals surface area contributed by atoms with Crippen LogP contribution in [0.15, 0.2) is 29.6 Å². The lowest BCUT2D eigenvalue weighted by molar-refractivity contribution is 0.721. The molecule has 4 heteroatoms. The van der Waals surface area contributed by atoms with Gasteiger partial charge in [0.2, 0.25) is 0 Å². The van der Waals surface area contributed by atoms with Crippen LogP contribution in [0.5, 0.6) is 0 Å². The normalized spacial score (nSPS) is 12.6. The lowest BCUT2D eigenvalue weighted by Gasteiger charge is -2.02. The topological polar surface area (TPSA) is 38.9 Å². The summed E-state index contributed by atoms with van der Waals surface area (Å²) in [4.78, 5) is 4.69. The highest BCUT2D eigenvalue weighted by molar-refractivity contribution is 7.98. The van der Waals surface area contributed by atoms with Crippen molar-refractivity contribution in [1.82, 2.24) is 4.98 Å². The van der Waals surface area contributed by atoms with Crippen LogP contribution in [-0.2, 0) is 5.75 Å². The predicted molar refractivity (Wildman–Crippen MR) is 86.7 cm³/mol. The molecule has 0 fully saturated rings. The number of thioether (sulfide) groups is 1. The van der Waals surface area contributed by atoms with E-state index < -0.39 is 0 Å². The first-order valence-electron chi connectivity index (χ1n) is 6.50. The zero-order valence-corrected chi connectivity index (χ0v) is 13.1. The molecule has 0 bridgehead atoms. The molecule has 102 valence electrons. The fourth-order valence-corrected chi connectivity index (χ4v) is 3.62. The molecule has 2 N–H and O–H groups in total. The van der Waals surface area contributed by atoms with Gasteiger partial charge in [0.05, 0.1) is 5.69 Å². The Kier molecular flexibility index (Phi) is 5.43. The molecule has 2 nitrogen and oxygen atoms in total. The Hall–Kier alpha value is -0.840. The van der Waals surface area contributed by atoms with Crippen molar-refractivity contribution in [1.29, 1.82) is 0 Å². The van der Waals surface area contributed by atoms with E-state index in [1.54, 1.807) is 11.3 Å². The van der Waals surface area contributed by atoms with Crippen LogP contribution in [0.3, 0.4) is 0 Å². The van der Waals surface area contributed by atoms with E-state index in [0.717, 1.165) is 22.9 Å². The number of hydrogen-bond donors (Lipinski definition) is 1. The minimum absolute atomic E-state index is 0.297. The Morgan fingerprint density at radius 3 is 2.74 bits per heavy atom. The van der Waals surface area contributed by atoms with Gasteiger partial charge in [-0.05, 0) is 26.0 Å². The Balaban J connectivity index is 1.90. The highest BCUT2D eigenvalue weighted by Gasteiger charge is 2.05. The van der Waals surface area contributed by atoms with Gasteiger partial charge < -0.3 is 5.73 Å². The molecule has 0 aliphatic carbocycles. The van der Waals surface area contributed by atoms with E-state index in [1.165, 1.54) is 16.8 Å². The van der Waals surface area contributed by atoms with Crippen LogP contribution in [0.1, 0.15) is 24.6 Å². The fourth-order valence-electron chi connectivity index (χ4n) is 1.65. The van der Waals surface area contributed by atoms with Crippen LogP contribution >= 0.6 is 23.1 Å². The number of hydrogen-bond acceptors (Lipinski definition) is 4. The number of thiazole rings is 1. The van der Waals surface area contributed by atoms with Crippen molar-refractivity contribution in [2.24, 2.45) is 5.73 Å². The average Bonchev–Trinajstić information content (AvgIpc) is 2.84. The van der Waals surface area contributed by atoms with Crippen molar-refractivity contribution < 1.29 is 0 Å². The Bertz CT molecular complexity index is 503. The van der Waals surface area contributed by atoms with Gasteiger partial charge in [-0.1, -0.05) is 29.8 Å². The summed E-state index contributed by atoms with van der Waals surface area (Å²) in [6, 6.07) is 8.84. The molecule has 2 rings (SSSR count). The molecule has 2 aromatic rings. The molecule has 19 heavy (non-hydrogen) atoms. The average molecular weight is 292 g/mol. The van der Waals surface area contributed by atoms with Gasteiger partial charge in [0, 0.05) is 22.7 Å². The van der Waals surface area contributed by atoms with Crippen LogP contribution in [0, 0.1) is 6.92 Å². The zero-order valence-electron chi connectivity index (χ0n) is 11.4. The Morgan fingerprint density at radius 2 is 2.05 bits per heavy atom. The summed E-state index contributed by atoms with van der Waals surface area (Å²) in [5, 5.41) is 3.27. The van der Waals surface area contributed by atoms with E-state index in [4.69, 9.17) is 10.7 Å². The van der Waals surface area contributed by atoms with Gasteiger partial charge in [-0.2, -0.15) is 11.8 Å². The molecule has 0 spiro atoms. The van der Waals surface area contributed by atoms with E-state index in [0.29, 0.717) is 6.04 Å². The quantitative estimate of drug-likeness (QED) is 0.815. The largest absolute Gasteiger partial charge is 0.328 e. The lowest BCUT2D eigenvalue weighted by atomic mass is 10.2. The minimum atomic E-state index is 0.297. The monoisotopic (exact) mass is 292 g/mol. The number of benzene rings is 1. The van der Waals surface area contributed by atoms with E-state index in [9.17, 15) is 0 Å². The van der Waals surface area contributed by atoms with Gasteiger partial charge in [0.25, 0.3) is 0 Å². The molecule has 1 atom stereocenters. The van der Waals surface area contributed by atoms with Crippen molar-refractivity contribution in [3.05, 3.63) is 40.9 Å². The van der Waals surface area contributed by atoms with Crippen molar-refractivity contribution in [3.63, 3.8) is 0 Å².